The number of anilines is 1. The van der Waals surface area contributed by atoms with Crippen LogP contribution in [0.1, 0.15) is 12.6 Å². The van der Waals surface area contributed by atoms with Gasteiger partial charge < -0.3 is 40.3 Å². The van der Waals surface area contributed by atoms with E-state index in [-0.39, 0.29) is 18.9 Å². The van der Waals surface area contributed by atoms with Gasteiger partial charge in [0.25, 0.3) is 5.95 Å². The molecular formula is C15H19N5O7. The largest absolute Gasteiger partial charge is 0.481 e. The number of hydrogen-bond acceptors (Lipinski definition) is 11. The molecule has 5 atom stereocenters. The van der Waals surface area contributed by atoms with Gasteiger partial charge in [-0.2, -0.15) is 0 Å². The molecule has 2 aliphatic heterocycles. The van der Waals surface area contributed by atoms with Crippen LogP contribution in [0.3, 0.4) is 0 Å². The second-order valence-electron chi connectivity index (χ2n) is 6.42. The van der Waals surface area contributed by atoms with E-state index in [0.717, 1.165) is 0 Å². The van der Waals surface area contributed by atoms with Crippen LogP contribution in [-0.2, 0) is 9.47 Å². The Morgan fingerprint density at radius 2 is 2.07 bits per heavy atom. The maximum atomic E-state index is 10.2. The highest BCUT2D eigenvalue weighted by Gasteiger charge is 2.44. The van der Waals surface area contributed by atoms with E-state index in [0.29, 0.717) is 17.0 Å². The van der Waals surface area contributed by atoms with Crippen LogP contribution in [0.25, 0.3) is 11.2 Å². The van der Waals surface area contributed by atoms with Gasteiger partial charge in [0.15, 0.2) is 23.2 Å². The van der Waals surface area contributed by atoms with Gasteiger partial charge >= 0.3 is 0 Å². The number of rotatable bonds is 5. The third-order valence-electron chi connectivity index (χ3n) is 4.57. The number of aliphatic hydroxyl groups excluding tert-OH is 4. The maximum absolute atomic E-state index is 10.2. The van der Waals surface area contributed by atoms with Crippen LogP contribution in [0.15, 0.2) is 24.7 Å². The summed E-state index contributed by atoms with van der Waals surface area (Å²) in [4.78, 5) is 12.4. The number of nitrogens with zero attached hydrogens (tertiary/aromatic N) is 4. The molecule has 1 fully saturated rings. The van der Waals surface area contributed by atoms with Gasteiger partial charge in [0.05, 0.1) is 19.5 Å². The lowest BCUT2D eigenvalue weighted by Crippen LogP contribution is -2.36. The van der Waals surface area contributed by atoms with Gasteiger partial charge in [-0.25, -0.2) is 15.0 Å². The van der Waals surface area contributed by atoms with Crippen LogP contribution in [0.5, 0.6) is 0 Å². The minimum absolute atomic E-state index is 0.0691. The van der Waals surface area contributed by atoms with Crippen molar-refractivity contribution in [2.24, 2.45) is 0 Å². The number of aromatic nitrogens is 4. The van der Waals surface area contributed by atoms with Crippen LogP contribution in [0.2, 0.25) is 0 Å². The quantitative estimate of drug-likeness (QED) is 0.350. The van der Waals surface area contributed by atoms with Crippen molar-refractivity contribution >= 4 is 17.0 Å². The molecule has 4 heterocycles. The van der Waals surface area contributed by atoms with Crippen molar-refractivity contribution in [2.75, 3.05) is 18.5 Å². The predicted octanol–water partition coefficient (Wildman–Crippen LogP) is -1.64. The smallest absolute Gasteiger partial charge is 0.275 e. The third kappa shape index (κ3) is 3.07. The van der Waals surface area contributed by atoms with Crippen LogP contribution < -0.4 is 5.32 Å². The zero-order valence-corrected chi connectivity index (χ0v) is 14.0. The molecule has 1 saturated heterocycles. The number of fused-ring (bicyclic) bond motifs is 1. The Hall–Kier alpha value is -2.51. The average Bonchev–Trinajstić information content (AvgIpc) is 3.31. The van der Waals surface area contributed by atoms with Gasteiger partial charge in [-0.1, -0.05) is 0 Å². The summed E-state index contributed by atoms with van der Waals surface area (Å²) in [6.07, 6.45) is -0.314. The minimum Gasteiger partial charge on any atom is -0.481 e. The summed E-state index contributed by atoms with van der Waals surface area (Å²) in [5, 5.41) is 51.7. The first-order valence-electron chi connectivity index (χ1n) is 8.26. The van der Waals surface area contributed by atoms with E-state index in [1.807, 2.05) is 0 Å². The molecule has 2 aliphatic rings. The van der Waals surface area contributed by atoms with Crippen molar-refractivity contribution in [3.63, 3.8) is 0 Å². The van der Waals surface area contributed by atoms with Gasteiger partial charge in [0.2, 0.25) is 5.79 Å². The first-order valence-corrected chi connectivity index (χ1v) is 8.26. The number of aliphatic hydroxyl groups is 5. The number of nitrogens with one attached hydrogen (secondary N) is 1. The Balaban J connectivity index is 1.57. The third-order valence-corrected chi connectivity index (χ3v) is 4.57. The van der Waals surface area contributed by atoms with E-state index in [9.17, 15) is 25.5 Å². The lowest BCUT2D eigenvalue weighted by atomic mass is 10.1. The van der Waals surface area contributed by atoms with E-state index >= 15 is 0 Å². The number of ether oxygens (including phenoxy) is 2. The van der Waals surface area contributed by atoms with Gasteiger partial charge in [-0.15, -0.1) is 0 Å². The van der Waals surface area contributed by atoms with E-state index in [2.05, 4.69) is 20.3 Å². The molecule has 12 nitrogen and oxygen atoms in total. The van der Waals surface area contributed by atoms with Crippen molar-refractivity contribution in [1.29, 1.82) is 0 Å². The van der Waals surface area contributed by atoms with Gasteiger partial charge in [0.1, 0.15) is 24.6 Å². The number of hydrogen-bond donors (Lipinski definition) is 6. The summed E-state index contributed by atoms with van der Waals surface area (Å²) in [5.41, 5.74) is 0.664. The van der Waals surface area contributed by atoms with Gasteiger partial charge in [-0.3, -0.25) is 4.57 Å². The predicted molar refractivity (Wildman–Crippen MR) is 88.2 cm³/mol. The van der Waals surface area contributed by atoms with E-state index in [4.69, 9.17) is 9.47 Å². The van der Waals surface area contributed by atoms with E-state index < -0.39 is 36.9 Å². The monoisotopic (exact) mass is 381 g/mol. The molecule has 0 radical (unpaired) electrons. The second-order valence-corrected chi connectivity index (χ2v) is 6.42. The minimum atomic E-state index is -1.60. The molecule has 146 valence electrons. The first-order chi connectivity index (χ1) is 12.9. The molecule has 2 aromatic rings. The molecule has 6 N–H and O–H groups in total. The SMILES string of the molecule is OC[C@H]1OC(n2cnc3c(NCC4(O)CC=C(O)O4)ncnc32)[C@@H](O)[C@@H]1O. The normalized spacial score (nSPS) is 33.3. The Morgan fingerprint density at radius 3 is 2.74 bits per heavy atom. The summed E-state index contributed by atoms with van der Waals surface area (Å²) in [7, 11) is 0. The van der Waals surface area contributed by atoms with Crippen molar-refractivity contribution in [3.8, 4) is 0 Å². The molecule has 0 saturated carbocycles. The fraction of sp³-hybridized carbons (Fsp3) is 0.533. The van der Waals surface area contributed by atoms with Crippen molar-refractivity contribution in [1.82, 2.24) is 19.5 Å². The fourth-order valence-electron chi connectivity index (χ4n) is 3.13. The molecule has 0 bridgehead atoms. The highest BCUT2D eigenvalue weighted by Crippen LogP contribution is 2.32. The summed E-state index contributed by atoms with van der Waals surface area (Å²) in [5.74, 6) is -1.65. The molecule has 0 amide bonds. The summed E-state index contributed by atoms with van der Waals surface area (Å²) in [6, 6.07) is 0. The Morgan fingerprint density at radius 1 is 1.26 bits per heavy atom. The highest BCUT2D eigenvalue weighted by molar-refractivity contribution is 5.82. The molecule has 2 aromatic heterocycles. The molecule has 4 rings (SSSR count). The zero-order valence-electron chi connectivity index (χ0n) is 14.0. The van der Waals surface area contributed by atoms with E-state index in [1.54, 1.807) is 0 Å². The van der Waals surface area contributed by atoms with Crippen LogP contribution in [0.4, 0.5) is 5.82 Å². The summed E-state index contributed by atoms with van der Waals surface area (Å²) in [6.45, 7) is -0.511. The maximum Gasteiger partial charge on any atom is 0.275 e. The van der Waals surface area contributed by atoms with Crippen molar-refractivity contribution < 1.29 is 35.0 Å². The van der Waals surface area contributed by atoms with Crippen LogP contribution in [0, 0.1) is 0 Å². The van der Waals surface area contributed by atoms with Crippen molar-refractivity contribution in [3.05, 3.63) is 24.7 Å². The van der Waals surface area contributed by atoms with Crippen molar-refractivity contribution in [2.45, 2.75) is 36.7 Å². The van der Waals surface area contributed by atoms with Gasteiger partial charge in [0, 0.05) is 12.5 Å². The highest BCUT2D eigenvalue weighted by atomic mass is 16.7. The zero-order chi connectivity index (χ0) is 19.2. The van der Waals surface area contributed by atoms with E-state index in [1.165, 1.54) is 23.3 Å². The molecule has 2 unspecified atom stereocenters. The first kappa shape index (κ1) is 17.9. The lowest BCUT2D eigenvalue weighted by Gasteiger charge is -2.22. The summed E-state index contributed by atoms with van der Waals surface area (Å²) < 4.78 is 11.9. The number of imidazole rings is 1. The second kappa shape index (κ2) is 6.58. The Labute approximate surface area is 152 Å². The van der Waals surface area contributed by atoms with Crippen LogP contribution >= 0.6 is 0 Å². The standard InChI is InChI=1S/C15H19N5O7/c21-3-7-10(23)11(24)14(26-7)20-6-19-9-12(17-5-18-13(9)20)16-4-15(25)2-1-8(22)27-15/h1,5-7,10-11,14,21-25H,2-4H2,(H,16,17,18)/t7-,10-,11+,14?,15?/m1/s1. The Kier molecular flexibility index (Phi) is 4.36. The molecular weight excluding hydrogens is 362 g/mol. The Bertz CT molecular complexity index is 873. The van der Waals surface area contributed by atoms with Crippen LogP contribution in [-0.4, -0.2) is 82.3 Å². The lowest BCUT2D eigenvalue weighted by molar-refractivity contribution is -0.169. The average molecular weight is 381 g/mol. The van der Waals surface area contributed by atoms with Gasteiger partial charge in [-0.05, 0) is 0 Å². The molecule has 27 heavy (non-hydrogen) atoms. The molecule has 12 heteroatoms. The molecule has 0 spiro atoms. The fourth-order valence-corrected chi connectivity index (χ4v) is 3.13. The summed E-state index contributed by atoms with van der Waals surface area (Å²) >= 11 is 0. The molecule has 0 aromatic carbocycles. The topological polar surface area (TPSA) is 175 Å². The molecule has 0 aliphatic carbocycles.